The van der Waals surface area contributed by atoms with Crippen LogP contribution in [0.3, 0.4) is 0 Å². The fourth-order valence-corrected chi connectivity index (χ4v) is 3.15. The highest BCUT2D eigenvalue weighted by atomic mass is 32.2. The fourth-order valence-electron chi connectivity index (χ4n) is 1.73. The first-order valence-corrected chi connectivity index (χ1v) is 4.84. The first-order chi connectivity index (χ1) is 4.54. The normalized spacial score (nSPS) is 34.2. The van der Waals surface area contributed by atoms with Crippen LogP contribution >= 0.6 is 11.8 Å². The van der Waals surface area contributed by atoms with Gasteiger partial charge in [-0.15, -0.1) is 0 Å². The van der Waals surface area contributed by atoms with Crippen LogP contribution in [0, 0.1) is 5.92 Å². The Labute approximate surface area is 67.2 Å². The Balaban J connectivity index is 2.59. The molecule has 0 radical (unpaired) electrons. The van der Waals surface area contributed by atoms with E-state index in [9.17, 15) is 5.11 Å². The van der Waals surface area contributed by atoms with E-state index in [0.29, 0.717) is 10.7 Å². The van der Waals surface area contributed by atoms with Gasteiger partial charge in [-0.2, -0.15) is 11.8 Å². The molecule has 1 aliphatic rings. The molecule has 1 rings (SSSR count). The third-order valence-electron chi connectivity index (χ3n) is 2.38. The van der Waals surface area contributed by atoms with Gasteiger partial charge in [-0.25, -0.2) is 0 Å². The Morgan fingerprint density at radius 3 is 2.40 bits per heavy atom. The summed E-state index contributed by atoms with van der Waals surface area (Å²) in [6.07, 6.45) is 1.04. The van der Waals surface area contributed by atoms with Crippen LogP contribution in [0.4, 0.5) is 0 Å². The standard InChI is InChI=1S/C8H16OS/c1-6(9)7-4-5-10-8(7,2)3/h6-7,9H,4-5H2,1-3H3/t6-,7?/m0/s1. The molecule has 0 amide bonds. The summed E-state index contributed by atoms with van der Waals surface area (Å²) in [5, 5.41) is 9.37. The molecular formula is C8H16OS. The SMILES string of the molecule is C[C@H](O)C1CCSC1(C)C. The van der Waals surface area contributed by atoms with Crippen LogP contribution in [0.2, 0.25) is 0 Å². The fraction of sp³-hybridized carbons (Fsp3) is 1.00. The average molecular weight is 160 g/mol. The minimum absolute atomic E-state index is 0.134. The molecule has 0 aromatic heterocycles. The average Bonchev–Trinajstić information content (AvgIpc) is 2.08. The molecule has 0 saturated carbocycles. The lowest BCUT2D eigenvalue weighted by Crippen LogP contribution is -2.30. The number of aliphatic hydroxyl groups is 1. The first kappa shape index (κ1) is 8.41. The van der Waals surface area contributed by atoms with Crippen molar-refractivity contribution in [2.45, 2.75) is 38.0 Å². The van der Waals surface area contributed by atoms with Crippen LogP contribution < -0.4 is 0 Å². The second kappa shape index (κ2) is 2.74. The molecule has 1 N–H and O–H groups in total. The summed E-state index contributed by atoms with van der Waals surface area (Å²) in [5.74, 6) is 1.71. The van der Waals surface area contributed by atoms with Crippen molar-refractivity contribution in [1.82, 2.24) is 0 Å². The van der Waals surface area contributed by atoms with Crippen molar-refractivity contribution in [3.8, 4) is 0 Å². The minimum Gasteiger partial charge on any atom is -0.393 e. The Hall–Kier alpha value is 0.310. The zero-order valence-electron chi connectivity index (χ0n) is 6.92. The zero-order valence-corrected chi connectivity index (χ0v) is 7.74. The first-order valence-electron chi connectivity index (χ1n) is 3.86. The number of hydrogen-bond donors (Lipinski definition) is 1. The topological polar surface area (TPSA) is 20.2 Å². The van der Waals surface area contributed by atoms with Crippen LogP contribution in [0.15, 0.2) is 0 Å². The van der Waals surface area contributed by atoms with Gasteiger partial charge in [0.15, 0.2) is 0 Å². The maximum absolute atomic E-state index is 9.37. The summed E-state index contributed by atoms with van der Waals surface area (Å²) in [6.45, 7) is 6.35. The third-order valence-corrected chi connectivity index (χ3v) is 3.86. The minimum atomic E-state index is -0.134. The van der Waals surface area contributed by atoms with E-state index < -0.39 is 0 Å². The van der Waals surface area contributed by atoms with Gasteiger partial charge in [0.2, 0.25) is 0 Å². The quantitative estimate of drug-likeness (QED) is 0.632. The highest BCUT2D eigenvalue weighted by molar-refractivity contribution is 8.00. The van der Waals surface area contributed by atoms with Crippen molar-refractivity contribution in [3.05, 3.63) is 0 Å². The molecule has 1 unspecified atom stereocenters. The lowest BCUT2D eigenvalue weighted by Gasteiger charge is -2.27. The summed E-state index contributed by atoms with van der Waals surface area (Å²) < 4.78 is 0.300. The maximum Gasteiger partial charge on any atom is 0.0553 e. The van der Waals surface area contributed by atoms with Gasteiger partial charge in [-0.3, -0.25) is 0 Å². The van der Waals surface area contributed by atoms with E-state index in [1.54, 1.807) is 0 Å². The largest absolute Gasteiger partial charge is 0.393 e. The number of thioether (sulfide) groups is 1. The Bertz CT molecular complexity index is 120. The van der Waals surface area contributed by atoms with Crippen LogP contribution in [0.1, 0.15) is 27.2 Å². The highest BCUT2D eigenvalue weighted by Crippen LogP contribution is 2.43. The van der Waals surface area contributed by atoms with Gasteiger partial charge < -0.3 is 5.11 Å². The summed E-state index contributed by atoms with van der Waals surface area (Å²) in [7, 11) is 0. The Kier molecular flexibility index (Phi) is 2.31. The number of hydrogen-bond acceptors (Lipinski definition) is 2. The van der Waals surface area contributed by atoms with Gasteiger partial charge in [0.05, 0.1) is 6.10 Å². The predicted molar refractivity (Wildman–Crippen MR) is 46.3 cm³/mol. The van der Waals surface area contributed by atoms with Gasteiger partial charge >= 0.3 is 0 Å². The molecule has 0 spiro atoms. The summed E-state index contributed by atoms with van der Waals surface area (Å²) in [5.41, 5.74) is 0. The van der Waals surface area contributed by atoms with Gasteiger partial charge in [0, 0.05) is 4.75 Å². The van der Waals surface area contributed by atoms with Crippen LogP contribution in [-0.4, -0.2) is 21.7 Å². The molecule has 10 heavy (non-hydrogen) atoms. The molecule has 2 atom stereocenters. The van der Waals surface area contributed by atoms with Crippen molar-refractivity contribution in [3.63, 3.8) is 0 Å². The molecule has 1 fully saturated rings. The monoisotopic (exact) mass is 160 g/mol. The van der Waals surface area contributed by atoms with E-state index in [1.165, 1.54) is 12.2 Å². The summed E-state index contributed by atoms with van der Waals surface area (Å²) >= 11 is 1.98. The summed E-state index contributed by atoms with van der Waals surface area (Å²) in [4.78, 5) is 0. The van der Waals surface area contributed by atoms with Crippen molar-refractivity contribution < 1.29 is 5.11 Å². The van der Waals surface area contributed by atoms with E-state index in [4.69, 9.17) is 0 Å². The van der Waals surface area contributed by atoms with E-state index in [0.717, 1.165) is 0 Å². The Morgan fingerprint density at radius 1 is 1.60 bits per heavy atom. The van der Waals surface area contributed by atoms with Gasteiger partial charge in [0.1, 0.15) is 0 Å². The molecule has 0 aromatic rings. The van der Waals surface area contributed by atoms with Crippen LogP contribution in [0.5, 0.6) is 0 Å². The smallest absolute Gasteiger partial charge is 0.0553 e. The third kappa shape index (κ3) is 1.48. The number of rotatable bonds is 1. The highest BCUT2D eigenvalue weighted by Gasteiger charge is 2.37. The molecule has 2 heteroatoms. The molecule has 0 aromatic carbocycles. The van der Waals surface area contributed by atoms with Crippen molar-refractivity contribution in [1.29, 1.82) is 0 Å². The molecule has 1 saturated heterocycles. The Morgan fingerprint density at radius 2 is 2.20 bits per heavy atom. The van der Waals surface area contributed by atoms with E-state index in [2.05, 4.69) is 13.8 Å². The number of aliphatic hydroxyl groups excluding tert-OH is 1. The molecule has 1 nitrogen and oxygen atoms in total. The molecule has 60 valence electrons. The predicted octanol–water partition coefficient (Wildman–Crippen LogP) is 1.90. The van der Waals surface area contributed by atoms with Gasteiger partial charge in [0.25, 0.3) is 0 Å². The van der Waals surface area contributed by atoms with Crippen LogP contribution in [0.25, 0.3) is 0 Å². The zero-order chi connectivity index (χ0) is 7.78. The van der Waals surface area contributed by atoms with Crippen molar-refractivity contribution >= 4 is 11.8 Å². The van der Waals surface area contributed by atoms with E-state index >= 15 is 0 Å². The van der Waals surface area contributed by atoms with E-state index in [1.807, 2.05) is 18.7 Å². The summed E-state index contributed by atoms with van der Waals surface area (Å²) in [6, 6.07) is 0. The van der Waals surface area contributed by atoms with Crippen LogP contribution in [-0.2, 0) is 0 Å². The lowest BCUT2D eigenvalue weighted by atomic mass is 9.88. The molecule has 0 aliphatic carbocycles. The molecule has 0 bridgehead atoms. The maximum atomic E-state index is 9.37. The lowest BCUT2D eigenvalue weighted by molar-refractivity contribution is 0.111. The molecule has 1 aliphatic heterocycles. The van der Waals surface area contributed by atoms with Gasteiger partial charge in [-0.05, 0) is 25.0 Å². The second-order valence-electron chi connectivity index (χ2n) is 3.59. The van der Waals surface area contributed by atoms with Crippen molar-refractivity contribution in [2.75, 3.05) is 5.75 Å². The van der Waals surface area contributed by atoms with Crippen molar-refractivity contribution in [2.24, 2.45) is 5.92 Å². The van der Waals surface area contributed by atoms with E-state index in [-0.39, 0.29) is 6.10 Å². The molecule has 1 heterocycles. The second-order valence-corrected chi connectivity index (χ2v) is 5.34. The van der Waals surface area contributed by atoms with Gasteiger partial charge in [-0.1, -0.05) is 13.8 Å². The molecular weight excluding hydrogens is 144 g/mol.